The highest BCUT2D eigenvalue weighted by Crippen LogP contribution is 2.33. The normalized spacial score (nSPS) is 21.8. The van der Waals surface area contributed by atoms with E-state index in [4.69, 9.17) is 44.9 Å². The Balaban J connectivity index is 1.73. The topological polar surface area (TPSA) is 42.5 Å². The van der Waals surface area contributed by atoms with Crippen LogP contribution in [0.1, 0.15) is 25.5 Å². The average Bonchev–Trinajstić information content (AvgIpc) is 2.59. The van der Waals surface area contributed by atoms with E-state index in [9.17, 15) is 0 Å². The van der Waals surface area contributed by atoms with E-state index in [2.05, 4.69) is 10.6 Å². The Morgan fingerprint density at radius 2 is 1.88 bits per heavy atom. The van der Waals surface area contributed by atoms with E-state index in [-0.39, 0.29) is 12.1 Å². The zero-order chi connectivity index (χ0) is 18.7. The number of hydrogen-bond acceptors (Lipinski definition) is 3. The monoisotopic (exact) mass is 410 g/mol. The van der Waals surface area contributed by atoms with Crippen molar-refractivity contribution < 1.29 is 9.47 Å². The molecule has 0 bridgehead atoms. The Bertz CT molecular complexity index is 786. The van der Waals surface area contributed by atoms with Crippen molar-refractivity contribution in [1.29, 1.82) is 0 Å². The van der Waals surface area contributed by atoms with Gasteiger partial charge in [0, 0.05) is 5.02 Å². The van der Waals surface area contributed by atoms with Crippen molar-refractivity contribution in [2.45, 2.75) is 31.8 Å². The van der Waals surface area contributed by atoms with Crippen molar-refractivity contribution in [2.75, 3.05) is 11.9 Å². The van der Waals surface area contributed by atoms with Gasteiger partial charge in [0.1, 0.15) is 6.10 Å². The second-order valence-electron chi connectivity index (χ2n) is 6.49. The molecule has 2 N–H and O–H groups in total. The van der Waals surface area contributed by atoms with Crippen molar-refractivity contribution in [3.63, 3.8) is 0 Å². The lowest BCUT2D eigenvalue weighted by atomic mass is 10.0. The molecule has 0 aliphatic carbocycles. The number of ether oxygens (including phenoxy) is 2. The van der Waals surface area contributed by atoms with Crippen LogP contribution in [0.5, 0.6) is 0 Å². The Labute approximate surface area is 168 Å². The molecule has 1 heterocycles. The minimum atomic E-state index is -0.660. The average molecular weight is 411 g/mol. The zero-order valence-corrected chi connectivity index (χ0v) is 16.8. The highest BCUT2D eigenvalue weighted by Gasteiger charge is 2.37. The van der Waals surface area contributed by atoms with Gasteiger partial charge in [0.15, 0.2) is 10.9 Å². The van der Waals surface area contributed by atoms with Crippen LogP contribution in [0.4, 0.5) is 5.69 Å². The summed E-state index contributed by atoms with van der Waals surface area (Å²) in [5.74, 6) is -0.660. The van der Waals surface area contributed by atoms with Gasteiger partial charge in [-0.3, -0.25) is 0 Å². The molecule has 1 saturated heterocycles. The summed E-state index contributed by atoms with van der Waals surface area (Å²) in [7, 11) is 0. The molecule has 0 unspecified atom stereocenters. The second kappa shape index (κ2) is 8.11. The van der Waals surface area contributed by atoms with E-state index >= 15 is 0 Å². The number of benzene rings is 2. The molecule has 7 heteroatoms. The molecule has 0 radical (unpaired) electrons. The van der Waals surface area contributed by atoms with E-state index in [1.807, 2.05) is 44.2 Å². The first-order valence-corrected chi connectivity index (χ1v) is 9.40. The molecule has 4 nitrogen and oxygen atoms in total. The van der Waals surface area contributed by atoms with Crippen LogP contribution in [0, 0.1) is 0 Å². The van der Waals surface area contributed by atoms with Gasteiger partial charge in [0.2, 0.25) is 0 Å². The van der Waals surface area contributed by atoms with Crippen LogP contribution in [0.15, 0.2) is 48.5 Å². The summed E-state index contributed by atoms with van der Waals surface area (Å²) in [6, 6.07) is 15.1. The molecule has 1 aliphatic rings. The summed E-state index contributed by atoms with van der Waals surface area (Å²) < 4.78 is 12.0. The third-order valence-electron chi connectivity index (χ3n) is 4.01. The summed E-state index contributed by atoms with van der Waals surface area (Å²) in [6.07, 6.45) is -0.194. The smallest absolute Gasteiger partial charge is 0.171 e. The molecule has 1 aliphatic heterocycles. The van der Waals surface area contributed by atoms with Crippen LogP contribution in [0.25, 0.3) is 0 Å². The minimum Gasteiger partial charge on any atom is -0.354 e. The Kier molecular flexibility index (Phi) is 6.05. The molecule has 3 rings (SSSR count). The van der Waals surface area contributed by atoms with Gasteiger partial charge in [-0.05, 0) is 49.8 Å². The molecule has 1 fully saturated rings. The number of nitrogens with one attached hydrogen (secondary N) is 2. The Morgan fingerprint density at radius 3 is 2.58 bits per heavy atom. The fraction of sp³-hybridized carbons (Fsp3) is 0.316. The highest BCUT2D eigenvalue weighted by atomic mass is 35.5. The summed E-state index contributed by atoms with van der Waals surface area (Å²) in [4.78, 5) is 0. The molecule has 2 aromatic rings. The van der Waals surface area contributed by atoms with Crippen LogP contribution in [0.2, 0.25) is 10.0 Å². The summed E-state index contributed by atoms with van der Waals surface area (Å²) in [6.45, 7) is 4.27. The largest absolute Gasteiger partial charge is 0.354 e. The summed E-state index contributed by atoms with van der Waals surface area (Å²) >= 11 is 17.6. The third kappa shape index (κ3) is 4.87. The first kappa shape index (κ1) is 19.4. The van der Waals surface area contributed by atoms with Crippen LogP contribution in [-0.2, 0) is 9.47 Å². The lowest BCUT2D eigenvalue weighted by Crippen LogP contribution is -2.52. The van der Waals surface area contributed by atoms with E-state index in [0.717, 1.165) is 5.56 Å². The Morgan fingerprint density at radius 1 is 1.15 bits per heavy atom. The standard InChI is InChI=1S/C19H20Cl2N2O2S/c1-19(2)24-11-16(17(25-19)12-6-4-3-5-7-12)23-18(26)22-15-9-8-13(20)10-14(15)21/h3-10,16-17H,11H2,1-2H3,(H2,22,23,26)/t16-,17-/m0/s1. The van der Waals surface area contributed by atoms with Crippen molar-refractivity contribution >= 4 is 46.2 Å². The van der Waals surface area contributed by atoms with E-state index in [1.165, 1.54) is 0 Å². The lowest BCUT2D eigenvalue weighted by molar-refractivity contribution is -0.283. The molecule has 0 amide bonds. The Hall–Kier alpha value is -1.37. The quantitative estimate of drug-likeness (QED) is 0.682. The number of rotatable bonds is 3. The summed E-state index contributed by atoms with van der Waals surface area (Å²) in [5, 5.41) is 7.88. The van der Waals surface area contributed by atoms with Gasteiger partial charge in [-0.2, -0.15) is 0 Å². The predicted octanol–water partition coefficient (Wildman–Crippen LogP) is 5.17. The molecular formula is C19H20Cl2N2O2S. The van der Waals surface area contributed by atoms with Gasteiger partial charge in [0.05, 0.1) is 23.4 Å². The van der Waals surface area contributed by atoms with Crippen molar-refractivity contribution in [3.8, 4) is 0 Å². The van der Waals surface area contributed by atoms with Gasteiger partial charge < -0.3 is 20.1 Å². The first-order chi connectivity index (χ1) is 12.3. The third-order valence-corrected chi connectivity index (χ3v) is 4.78. The molecule has 0 saturated carbocycles. The second-order valence-corrected chi connectivity index (χ2v) is 7.74. The molecule has 2 aromatic carbocycles. The molecule has 26 heavy (non-hydrogen) atoms. The van der Waals surface area contributed by atoms with Gasteiger partial charge in [-0.25, -0.2) is 0 Å². The molecule has 138 valence electrons. The SMILES string of the molecule is CC1(C)OC[C@H](NC(=S)Nc2ccc(Cl)cc2Cl)[C@H](c2ccccc2)O1. The van der Waals surface area contributed by atoms with Gasteiger partial charge in [-0.1, -0.05) is 53.5 Å². The minimum absolute atomic E-state index is 0.142. The number of halogens is 2. The maximum Gasteiger partial charge on any atom is 0.171 e. The number of hydrogen-bond donors (Lipinski definition) is 2. The van der Waals surface area contributed by atoms with Gasteiger partial charge in [-0.15, -0.1) is 0 Å². The molecule has 0 spiro atoms. The molecule has 2 atom stereocenters. The fourth-order valence-corrected chi connectivity index (χ4v) is 3.49. The maximum atomic E-state index is 6.19. The van der Waals surface area contributed by atoms with Crippen molar-refractivity contribution in [3.05, 3.63) is 64.1 Å². The highest BCUT2D eigenvalue weighted by molar-refractivity contribution is 7.80. The van der Waals surface area contributed by atoms with E-state index in [1.54, 1.807) is 18.2 Å². The summed E-state index contributed by atoms with van der Waals surface area (Å²) in [5.41, 5.74) is 1.75. The van der Waals surface area contributed by atoms with Crippen LogP contribution in [-0.4, -0.2) is 23.5 Å². The van der Waals surface area contributed by atoms with Crippen LogP contribution in [0.3, 0.4) is 0 Å². The zero-order valence-electron chi connectivity index (χ0n) is 14.5. The van der Waals surface area contributed by atoms with E-state index < -0.39 is 5.79 Å². The van der Waals surface area contributed by atoms with Crippen molar-refractivity contribution in [2.24, 2.45) is 0 Å². The van der Waals surface area contributed by atoms with Crippen molar-refractivity contribution in [1.82, 2.24) is 5.32 Å². The van der Waals surface area contributed by atoms with Gasteiger partial charge >= 0.3 is 0 Å². The lowest BCUT2D eigenvalue weighted by Gasteiger charge is -2.41. The van der Waals surface area contributed by atoms with Crippen LogP contribution < -0.4 is 10.6 Å². The molecular weight excluding hydrogens is 391 g/mol. The van der Waals surface area contributed by atoms with E-state index in [0.29, 0.717) is 27.5 Å². The van der Waals surface area contributed by atoms with Crippen LogP contribution >= 0.6 is 35.4 Å². The maximum absolute atomic E-state index is 6.19. The number of thiocarbonyl (C=S) groups is 1. The number of anilines is 1. The van der Waals surface area contributed by atoms with Gasteiger partial charge in [0.25, 0.3) is 0 Å². The molecule has 0 aromatic heterocycles. The first-order valence-electron chi connectivity index (χ1n) is 8.23. The fourth-order valence-electron chi connectivity index (χ4n) is 2.78. The predicted molar refractivity (Wildman–Crippen MR) is 110 cm³/mol.